The Balaban J connectivity index is -0.000000436. The Morgan fingerprint density at radius 2 is 0.452 bits per heavy atom. The smallest absolute Gasteiger partial charge is 0.358 e. The fraction of sp³-hybridized carbons (Fsp3) is 0. The molecule has 0 N–H and O–H groups in total. The van der Waals surface area contributed by atoms with Crippen LogP contribution in [0, 0.1) is 29.7 Å². The molecule has 0 nitrogen and oxygen atoms in total. The Kier molecular flexibility index (Phi) is 22.4. The van der Waals surface area contributed by atoms with E-state index in [4.69, 9.17) is 0 Å². The molecule has 0 spiro atoms. The van der Waals surface area contributed by atoms with E-state index in [1.807, 2.05) is 0 Å². The summed E-state index contributed by atoms with van der Waals surface area (Å²) in [7, 11) is 1.55. The second-order valence-corrected chi connectivity index (χ2v) is 8.52. The summed E-state index contributed by atoms with van der Waals surface area (Å²) in [6.45, 7) is 0. The van der Waals surface area contributed by atoms with Crippen LogP contribution in [0.4, 0.5) is 0 Å². The summed E-state index contributed by atoms with van der Waals surface area (Å²) in [4.78, 5) is 0. The van der Waals surface area contributed by atoms with Crippen molar-refractivity contribution in [2.75, 3.05) is 0 Å². The first-order chi connectivity index (χ1) is 12.9. The molecular weight excluding hydrogens is 446 g/mol. The third-order valence-electron chi connectivity index (χ3n) is 3.67. The molecule has 0 aromatic heterocycles. The fourth-order valence-corrected chi connectivity index (χ4v) is 4.52. The Morgan fingerprint density at radius 1 is 0.290 bits per heavy atom. The van der Waals surface area contributed by atoms with Crippen LogP contribution in [0.5, 0.6) is 0 Å². The SMILES string of the molecule is [CH3-].[CH3-].[CH3-].[CH3-].[Ti+4].c1ccc(Pc2ccccc2)cc1.c1ccc(Pc2ccccc2)cc1. The van der Waals surface area contributed by atoms with Crippen LogP contribution in [0.15, 0.2) is 121 Å². The Morgan fingerprint density at radius 3 is 0.613 bits per heavy atom. The molecule has 4 aromatic carbocycles. The van der Waals surface area contributed by atoms with Gasteiger partial charge in [-0.1, -0.05) is 138 Å². The van der Waals surface area contributed by atoms with E-state index >= 15 is 0 Å². The van der Waals surface area contributed by atoms with Crippen LogP contribution in [0.3, 0.4) is 0 Å². The monoisotopic (exact) mass is 480 g/mol. The van der Waals surface area contributed by atoms with Crippen molar-refractivity contribution < 1.29 is 21.7 Å². The Labute approximate surface area is 210 Å². The van der Waals surface area contributed by atoms with Crippen molar-refractivity contribution >= 4 is 38.4 Å². The predicted molar refractivity (Wildman–Crippen MR) is 147 cm³/mol. The zero-order valence-electron chi connectivity index (χ0n) is 19.0. The average Bonchev–Trinajstić information content (AvgIpc) is 2.72. The molecular formula is C28H34P2Ti. The molecule has 160 valence electrons. The normalized spacial score (nSPS) is 8.26. The van der Waals surface area contributed by atoms with Gasteiger partial charge in [-0.05, 0) is 21.2 Å². The van der Waals surface area contributed by atoms with Gasteiger partial charge < -0.3 is 29.7 Å². The second-order valence-electron chi connectivity index (χ2n) is 5.71. The van der Waals surface area contributed by atoms with Crippen molar-refractivity contribution in [2.24, 2.45) is 0 Å². The number of benzene rings is 4. The van der Waals surface area contributed by atoms with Crippen molar-refractivity contribution in [1.82, 2.24) is 0 Å². The van der Waals surface area contributed by atoms with E-state index in [1.165, 1.54) is 21.2 Å². The number of rotatable bonds is 4. The first-order valence-electron chi connectivity index (χ1n) is 8.64. The van der Waals surface area contributed by atoms with E-state index in [9.17, 15) is 0 Å². The van der Waals surface area contributed by atoms with Gasteiger partial charge in [0.1, 0.15) is 0 Å². The molecule has 0 atom stereocenters. The summed E-state index contributed by atoms with van der Waals surface area (Å²) in [6.07, 6.45) is 0. The van der Waals surface area contributed by atoms with E-state index < -0.39 is 0 Å². The van der Waals surface area contributed by atoms with Crippen molar-refractivity contribution in [1.29, 1.82) is 0 Å². The first kappa shape index (κ1) is 34.1. The first-order valence-corrected chi connectivity index (χ1v) is 10.6. The molecule has 0 aliphatic rings. The third-order valence-corrected chi connectivity index (χ3v) is 6.16. The van der Waals surface area contributed by atoms with Crippen LogP contribution in [-0.4, -0.2) is 0 Å². The van der Waals surface area contributed by atoms with E-state index in [0.29, 0.717) is 0 Å². The molecule has 0 amide bonds. The maximum atomic E-state index is 2.17. The van der Waals surface area contributed by atoms with Gasteiger partial charge in [-0.3, -0.25) is 0 Å². The Bertz CT molecular complexity index is 716. The molecule has 4 aromatic rings. The molecule has 0 aliphatic carbocycles. The maximum absolute atomic E-state index is 2.17. The van der Waals surface area contributed by atoms with Crippen LogP contribution < -0.4 is 21.2 Å². The largest absolute Gasteiger partial charge is 4.00 e. The van der Waals surface area contributed by atoms with Crippen molar-refractivity contribution in [2.45, 2.75) is 0 Å². The number of hydrogen-bond acceptors (Lipinski definition) is 0. The van der Waals surface area contributed by atoms with E-state index in [2.05, 4.69) is 121 Å². The zero-order chi connectivity index (χ0) is 17.9. The van der Waals surface area contributed by atoms with Crippen LogP contribution in [0.1, 0.15) is 0 Å². The summed E-state index contributed by atoms with van der Waals surface area (Å²) in [5.74, 6) is 0. The molecule has 0 fully saturated rings. The summed E-state index contributed by atoms with van der Waals surface area (Å²) in [5, 5.41) is 5.59. The molecule has 0 saturated carbocycles. The molecule has 0 heterocycles. The summed E-state index contributed by atoms with van der Waals surface area (Å²) in [6, 6.07) is 42.3. The molecule has 0 unspecified atom stereocenters. The average molecular weight is 480 g/mol. The zero-order valence-corrected chi connectivity index (χ0v) is 22.6. The minimum absolute atomic E-state index is 0. The summed E-state index contributed by atoms with van der Waals surface area (Å²) < 4.78 is 0. The standard InChI is InChI=1S/2C12H11P.4CH3.Ti/c2*1-3-7-11(8-4-1)13-12-9-5-2-6-10-12;;;;;/h2*1-10,13H;4*1H3;/q;;4*-1;+4. The van der Waals surface area contributed by atoms with Crippen molar-refractivity contribution in [3.05, 3.63) is 151 Å². The van der Waals surface area contributed by atoms with E-state index in [1.54, 1.807) is 0 Å². The Hall–Kier alpha value is -1.55. The van der Waals surface area contributed by atoms with Crippen molar-refractivity contribution in [3.8, 4) is 0 Å². The van der Waals surface area contributed by atoms with Gasteiger partial charge in [0.2, 0.25) is 0 Å². The van der Waals surface area contributed by atoms with Gasteiger partial charge in [-0.25, -0.2) is 0 Å². The summed E-state index contributed by atoms with van der Waals surface area (Å²) >= 11 is 0. The van der Waals surface area contributed by atoms with Gasteiger partial charge in [0.05, 0.1) is 0 Å². The number of hydrogen-bond donors (Lipinski definition) is 0. The third kappa shape index (κ3) is 13.5. The maximum Gasteiger partial charge on any atom is 4.00 e. The van der Waals surface area contributed by atoms with E-state index in [-0.39, 0.29) is 51.4 Å². The van der Waals surface area contributed by atoms with Gasteiger partial charge in [0, 0.05) is 0 Å². The van der Waals surface area contributed by atoms with Gasteiger partial charge in [0.15, 0.2) is 0 Å². The van der Waals surface area contributed by atoms with Gasteiger partial charge >= 0.3 is 21.7 Å². The summed E-state index contributed by atoms with van der Waals surface area (Å²) in [5.41, 5.74) is 0. The molecule has 0 bridgehead atoms. The van der Waals surface area contributed by atoms with Gasteiger partial charge in [0.25, 0.3) is 0 Å². The van der Waals surface area contributed by atoms with Gasteiger partial charge in [-0.2, -0.15) is 0 Å². The van der Waals surface area contributed by atoms with E-state index in [0.717, 1.165) is 17.2 Å². The molecule has 31 heavy (non-hydrogen) atoms. The second kappa shape index (κ2) is 20.4. The fourth-order valence-electron chi connectivity index (χ4n) is 2.42. The molecule has 4 rings (SSSR count). The minimum atomic E-state index is 0. The topological polar surface area (TPSA) is 0 Å². The molecule has 3 heteroatoms. The molecule has 0 saturated heterocycles. The minimum Gasteiger partial charge on any atom is -0.358 e. The molecule has 0 aliphatic heterocycles. The van der Waals surface area contributed by atoms with Crippen LogP contribution >= 0.6 is 17.2 Å². The van der Waals surface area contributed by atoms with Crippen LogP contribution in [0.25, 0.3) is 0 Å². The molecule has 0 radical (unpaired) electrons. The predicted octanol–water partition coefficient (Wildman–Crippen LogP) is 6.43. The van der Waals surface area contributed by atoms with Gasteiger partial charge in [-0.15, -0.1) is 0 Å². The van der Waals surface area contributed by atoms with Crippen molar-refractivity contribution in [3.63, 3.8) is 0 Å². The quantitative estimate of drug-likeness (QED) is 0.179. The van der Waals surface area contributed by atoms with Crippen LogP contribution in [0.2, 0.25) is 0 Å². The van der Waals surface area contributed by atoms with Crippen LogP contribution in [-0.2, 0) is 21.7 Å².